The van der Waals surface area contributed by atoms with Gasteiger partial charge in [-0.25, -0.2) is 4.98 Å². The Morgan fingerprint density at radius 3 is 2.71 bits per heavy atom. The van der Waals surface area contributed by atoms with Gasteiger partial charge in [0.2, 0.25) is 0 Å². The Balaban J connectivity index is 1.91. The first-order valence-corrected chi connectivity index (χ1v) is 8.91. The molecule has 1 heterocycles. The predicted octanol–water partition coefficient (Wildman–Crippen LogP) is 4.32. The Kier molecular flexibility index (Phi) is 4.81. The topological polar surface area (TPSA) is 59.2 Å². The van der Waals surface area contributed by atoms with Crippen LogP contribution >= 0.6 is 11.3 Å². The molecule has 1 aromatic heterocycles. The van der Waals surface area contributed by atoms with Gasteiger partial charge in [0.15, 0.2) is 5.13 Å². The Hall–Kier alpha value is -2.40. The van der Waals surface area contributed by atoms with E-state index in [4.69, 9.17) is 5.73 Å². The second-order valence-electron chi connectivity index (χ2n) is 5.91. The molecule has 0 fully saturated rings. The van der Waals surface area contributed by atoms with Crippen LogP contribution in [0.5, 0.6) is 0 Å². The molecule has 0 bridgehead atoms. The van der Waals surface area contributed by atoms with E-state index < -0.39 is 0 Å². The van der Waals surface area contributed by atoms with E-state index in [-0.39, 0.29) is 11.9 Å². The van der Waals surface area contributed by atoms with Crippen molar-refractivity contribution in [2.45, 2.75) is 32.9 Å². The molecule has 1 unspecified atom stereocenters. The molecule has 3 aromatic rings. The molecule has 0 aliphatic carbocycles. The Bertz CT molecular complexity index is 844. The molecule has 124 valence electrons. The van der Waals surface area contributed by atoms with Gasteiger partial charge in [0.25, 0.3) is 5.91 Å². The molecule has 0 spiro atoms. The minimum atomic E-state index is 0.0436. The number of nitrogens with two attached hydrogens (primary N) is 1. The summed E-state index contributed by atoms with van der Waals surface area (Å²) in [7, 11) is 0. The second-order valence-corrected chi connectivity index (χ2v) is 6.97. The molecule has 3 rings (SSSR count). The zero-order valence-electron chi connectivity index (χ0n) is 13.9. The highest BCUT2D eigenvalue weighted by Gasteiger charge is 2.21. The standard InChI is InChI=1S/C19H21N3OS/c1-3-13(2)22(12-14-7-5-4-6-8-14)18(23)15-9-10-16-17(11-15)24-19(20)21-16/h4-11,13H,3,12H2,1-2H3,(H2,20,21). The van der Waals surface area contributed by atoms with Crippen LogP contribution in [0.25, 0.3) is 10.2 Å². The number of carbonyl (C=O) groups is 1. The first kappa shape index (κ1) is 16.5. The molecule has 1 amide bonds. The van der Waals surface area contributed by atoms with Crippen LogP contribution in [-0.4, -0.2) is 21.8 Å². The SMILES string of the molecule is CCC(C)N(Cc1ccccc1)C(=O)c1ccc2nc(N)sc2c1. The number of nitrogen functional groups attached to an aromatic ring is 1. The Labute approximate surface area is 145 Å². The van der Waals surface area contributed by atoms with Crippen molar-refractivity contribution < 1.29 is 4.79 Å². The van der Waals surface area contributed by atoms with Crippen molar-refractivity contribution in [1.82, 2.24) is 9.88 Å². The van der Waals surface area contributed by atoms with Crippen molar-refractivity contribution in [3.63, 3.8) is 0 Å². The third-order valence-electron chi connectivity index (χ3n) is 4.23. The lowest BCUT2D eigenvalue weighted by Crippen LogP contribution is -2.37. The lowest BCUT2D eigenvalue weighted by Gasteiger charge is -2.29. The molecule has 2 aromatic carbocycles. The van der Waals surface area contributed by atoms with E-state index in [0.717, 1.165) is 22.2 Å². The van der Waals surface area contributed by atoms with Crippen molar-refractivity contribution in [1.29, 1.82) is 0 Å². The maximum absolute atomic E-state index is 13.1. The van der Waals surface area contributed by atoms with E-state index in [1.54, 1.807) is 0 Å². The van der Waals surface area contributed by atoms with Crippen LogP contribution < -0.4 is 5.73 Å². The number of hydrogen-bond acceptors (Lipinski definition) is 4. The number of carbonyl (C=O) groups excluding carboxylic acids is 1. The van der Waals surface area contributed by atoms with E-state index in [1.165, 1.54) is 11.3 Å². The van der Waals surface area contributed by atoms with Crippen LogP contribution in [0.1, 0.15) is 36.2 Å². The fourth-order valence-corrected chi connectivity index (χ4v) is 3.44. The lowest BCUT2D eigenvalue weighted by atomic mass is 10.1. The summed E-state index contributed by atoms with van der Waals surface area (Å²) in [6.07, 6.45) is 0.911. The highest BCUT2D eigenvalue weighted by Crippen LogP contribution is 2.26. The third-order valence-corrected chi connectivity index (χ3v) is 5.08. The number of nitrogens with zero attached hydrogens (tertiary/aromatic N) is 2. The average molecular weight is 339 g/mol. The number of benzene rings is 2. The number of aromatic nitrogens is 1. The number of fused-ring (bicyclic) bond motifs is 1. The third kappa shape index (κ3) is 3.41. The average Bonchev–Trinajstić information content (AvgIpc) is 2.98. The summed E-state index contributed by atoms with van der Waals surface area (Å²) in [5.74, 6) is 0.0436. The highest BCUT2D eigenvalue weighted by atomic mass is 32.1. The van der Waals surface area contributed by atoms with Gasteiger partial charge in [-0.05, 0) is 37.1 Å². The lowest BCUT2D eigenvalue weighted by molar-refractivity contribution is 0.0672. The summed E-state index contributed by atoms with van der Waals surface area (Å²) in [6, 6.07) is 15.9. The predicted molar refractivity (Wildman–Crippen MR) is 100 cm³/mol. The van der Waals surface area contributed by atoms with Gasteiger partial charge in [-0.3, -0.25) is 4.79 Å². The molecular formula is C19H21N3OS. The molecule has 24 heavy (non-hydrogen) atoms. The Morgan fingerprint density at radius 1 is 1.25 bits per heavy atom. The maximum Gasteiger partial charge on any atom is 0.254 e. The summed E-state index contributed by atoms with van der Waals surface area (Å²) < 4.78 is 0.946. The number of hydrogen-bond donors (Lipinski definition) is 1. The van der Waals surface area contributed by atoms with Gasteiger partial charge >= 0.3 is 0 Å². The maximum atomic E-state index is 13.1. The summed E-state index contributed by atoms with van der Waals surface area (Å²) in [5, 5.41) is 0.526. The molecule has 4 nitrogen and oxygen atoms in total. The first-order valence-electron chi connectivity index (χ1n) is 8.09. The van der Waals surface area contributed by atoms with Crippen molar-refractivity contribution in [2.75, 3.05) is 5.73 Å². The van der Waals surface area contributed by atoms with Crippen LogP contribution in [0, 0.1) is 0 Å². The zero-order valence-corrected chi connectivity index (χ0v) is 14.7. The first-order chi connectivity index (χ1) is 11.6. The minimum absolute atomic E-state index is 0.0436. The highest BCUT2D eigenvalue weighted by molar-refractivity contribution is 7.22. The van der Waals surface area contributed by atoms with Gasteiger partial charge in [-0.15, -0.1) is 0 Å². The van der Waals surface area contributed by atoms with Crippen LogP contribution in [-0.2, 0) is 6.54 Å². The zero-order chi connectivity index (χ0) is 17.1. The monoisotopic (exact) mass is 339 g/mol. The molecule has 0 saturated heterocycles. The number of thiazole rings is 1. The number of anilines is 1. The van der Waals surface area contributed by atoms with Crippen molar-refractivity contribution in [3.8, 4) is 0 Å². The summed E-state index contributed by atoms with van der Waals surface area (Å²) in [4.78, 5) is 19.3. The van der Waals surface area contributed by atoms with Gasteiger partial charge < -0.3 is 10.6 Å². The van der Waals surface area contributed by atoms with Gasteiger partial charge in [0.05, 0.1) is 10.2 Å². The van der Waals surface area contributed by atoms with Crippen molar-refractivity contribution in [3.05, 3.63) is 59.7 Å². The van der Waals surface area contributed by atoms with Crippen molar-refractivity contribution >= 4 is 32.6 Å². The van der Waals surface area contributed by atoms with Crippen molar-refractivity contribution in [2.24, 2.45) is 0 Å². The molecule has 0 aliphatic heterocycles. The fraction of sp³-hybridized carbons (Fsp3) is 0.263. The van der Waals surface area contributed by atoms with E-state index in [1.807, 2.05) is 41.3 Å². The van der Waals surface area contributed by atoms with Gasteiger partial charge in [0, 0.05) is 18.2 Å². The van der Waals surface area contributed by atoms with E-state index >= 15 is 0 Å². The van der Waals surface area contributed by atoms with E-state index in [2.05, 4.69) is 31.0 Å². The normalized spacial score (nSPS) is 12.2. The molecule has 0 radical (unpaired) electrons. The second kappa shape index (κ2) is 7.01. The largest absolute Gasteiger partial charge is 0.375 e. The summed E-state index contributed by atoms with van der Waals surface area (Å²) in [5.41, 5.74) is 8.42. The van der Waals surface area contributed by atoms with Crippen LogP contribution in [0.15, 0.2) is 48.5 Å². The quantitative estimate of drug-likeness (QED) is 0.753. The van der Waals surface area contributed by atoms with Crippen LogP contribution in [0.2, 0.25) is 0 Å². The molecular weight excluding hydrogens is 318 g/mol. The number of rotatable bonds is 5. The minimum Gasteiger partial charge on any atom is -0.375 e. The smallest absolute Gasteiger partial charge is 0.254 e. The van der Waals surface area contributed by atoms with Crippen LogP contribution in [0.4, 0.5) is 5.13 Å². The Morgan fingerprint density at radius 2 is 2.00 bits per heavy atom. The fourth-order valence-electron chi connectivity index (χ4n) is 2.67. The molecule has 2 N–H and O–H groups in total. The summed E-state index contributed by atoms with van der Waals surface area (Å²) >= 11 is 1.41. The van der Waals surface area contributed by atoms with Crippen LogP contribution in [0.3, 0.4) is 0 Å². The number of amides is 1. The molecule has 0 aliphatic rings. The van der Waals surface area contributed by atoms with Gasteiger partial charge in [0.1, 0.15) is 0 Å². The summed E-state index contributed by atoms with van der Waals surface area (Å²) in [6.45, 7) is 4.80. The van der Waals surface area contributed by atoms with E-state index in [9.17, 15) is 4.79 Å². The van der Waals surface area contributed by atoms with Gasteiger partial charge in [-0.1, -0.05) is 48.6 Å². The molecule has 1 atom stereocenters. The van der Waals surface area contributed by atoms with Gasteiger partial charge in [-0.2, -0.15) is 0 Å². The molecule has 0 saturated carbocycles. The van der Waals surface area contributed by atoms with E-state index in [0.29, 0.717) is 17.2 Å². The molecule has 5 heteroatoms.